The van der Waals surface area contributed by atoms with Crippen molar-refractivity contribution in [1.82, 2.24) is 0 Å². The molecule has 0 radical (unpaired) electrons. The quantitative estimate of drug-likeness (QED) is 0.719. The van der Waals surface area contributed by atoms with Gasteiger partial charge in [-0.2, -0.15) is 0 Å². The van der Waals surface area contributed by atoms with E-state index < -0.39 is 0 Å². The van der Waals surface area contributed by atoms with E-state index in [0.29, 0.717) is 13.0 Å². The summed E-state index contributed by atoms with van der Waals surface area (Å²) in [5.74, 6) is 0.881. The molecule has 0 saturated carbocycles. The van der Waals surface area contributed by atoms with Crippen LogP contribution in [0.2, 0.25) is 0 Å². The van der Waals surface area contributed by atoms with Crippen LogP contribution in [0.25, 0.3) is 0 Å². The molecule has 2 aromatic rings. The number of hydrogen-bond acceptors (Lipinski definition) is 2. The minimum absolute atomic E-state index is 0.00831. The first-order valence-electron chi connectivity index (χ1n) is 7.28. The van der Waals surface area contributed by atoms with Gasteiger partial charge in [0, 0.05) is 21.2 Å². The van der Waals surface area contributed by atoms with E-state index in [9.17, 15) is 4.79 Å². The Morgan fingerprint density at radius 1 is 1.18 bits per heavy atom. The third kappa shape index (κ3) is 4.47. The smallest absolute Gasteiger partial charge is 0.224 e. The monoisotopic (exact) mass is 409 g/mol. The normalized spacial score (nSPS) is 10.4. The number of hydrogen-bond donors (Lipinski definition) is 1. The summed E-state index contributed by atoms with van der Waals surface area (Å²) in [6, 6.07) is 12.1. The van der Waals surface area contributed by atoms with Crippen molar-refractivity contribution in [3.63, 3.8) is 0 Å². The highest BCUT2D eigenvalue weighted by Gasteiger charge is 2.08. The van der Waals surface area contributed by atoms with E-state index in [1.807, 2.05) is 44.2 Å². The van der Waals surface area contributed by atoms with E-state index in [0.717, 1.165) is 26.1 Å². The van der Waals surface area contributed by atoms with Crippen molar-refractivity contribution in [1.29, 1.82) is 0 Å². The van der Waals surface area contributed by atoms with Gasteiger partial charge in [0.15, 0.2) is 0 Å². The Balaban J connectivity index is 2.17. The van der Waals surface area contributed by atoms with Gasteiger partial charge in [0.25, 0.3) is 0 Å². The van der Waals surface area contributed by atoms with E-state index in [4.69, 9.17) is 4.74 Å². The highest BCUT2D eigenvalue weighted by molar-refractivity contribution is 14.1. The van der Waals surface area contributed by atoms with Gasteiger partial charge in [0.2, 0.25) is 5.91 Å². The fraction of sp³-hybridized carbons (Fsp3) is 0.278. The summed E-state index contributed by atoms with van der Waals surface area (Å²) in [7, 11) is 0. The summed E-state index contributed by atoms with van der Waals surface area (Å²) in [5, 5.41) is 2.93. The van der Waals surface area contributed by atoms with Gasteiger partial charge in [0.05, 0.1) is 0 Å². The van der Waals surface area contributed by atoms with Crippen LogP contribution in [0.4, 0.5) is 5.69 Å². The molecule has 0 atom stereocenters. The first kappa shape index (κ1) is 16.8. The first-order chi connectivity index (χ1) is 10.5. The van der Waals surface area contributed by atoms with Gasteiger partial charge in [0.1, 0.15) is 12.4 Å². The Bertz CT molecular complexity index is 683. The zero-order valence-corrected chi connectivity index (χ0v) is 15.2. The molecule has 2 aromatic carbocycles. The van der Waals surface area contributed by atoms with Crippen LogP contribution in [-0.2, 0) is 11.4 Å². The summed E-state index contributed by atoms with van der Waals surface area (Å²) in [6.07, 6.45) is 0.462. The SMILES string of the molecule is CCC(=O)Nc1ccc(I)cc1COc1ccc(C)cc1C. The van der Waals surface area contributed by atoms with Crippen LogP contribution in [0.5, 0.6) is 5.75 Å². The Kier molecular flexibility index (Phi) is 5.83. The maximum Gasteiger partial charge on any atom is 0.224 e. The number of ether oxygens (including phenoxy) is 1. The molecule has 4 heteroatoms. The summed E-state index contributed by atoms with van der Waals surface area (Å²) < 4.78 is 7.05. The highest BCUT2D eigenvalue weighted by Crippen LogP contribution is 2.24. The third-order valence-electron chi connectivity index (χ3n) is 3.38. The molecule has 1 N–H and O–H groups in total. The van der Waals surface area contributed by atoms with Crippen molar-refractivity contribution < 1.29 is 9.53 Å². The molecule has 0 aliphatic rings. The molecule has 0 aliphatic carbocycles. The Labute approximate surface area is 145 Å². The van der Waals surface area contributed by atoms with Crippen LogP contribution in [0.3, 0.4) is 0 Å². The van der Waals surface area contributed by atoms with Gasteiger partial charge in [-0.15, -0.1) is 0 Å². The van der Waals surface area contributed by atoms with Crippen molar-refractivity contribution in [3.8, 4) is 5.75 Å². The third-order valence-corrected chi connectivity index (χ3v) is 4.05. The summed E-state index contributed by atoms with van der Waals surface area (Å²) >= 11 is 2.26. The molecule has 0 bridgehead atoms. The average molecular weight is 409 g/mol. The standard InChI is InChI=1S/C18H20INO2/c1-4-18(21)20-16-7-6-15(19)10-14(16)11-22-17-8-5-12(2)9-13(17)3/h5-10H,4,11H2,1-3H3,(H,20,21). The lowest BCUT2D eigenvalue weighted by atomic mass is 10.1. The van der Waals surface area contributed by atoms with Gasteiger partial charge >= 0.3 is 0 Å². The number of amides is 1. The molecule has 3 nitrogen and oxygen atoms in total. The molecule has 0 fully saturated rings. The van der Waals surface area contributed by atoms with Crippen LogP contribution in [0, 0.1) is 17.4 Å². The number of aryl methyl sites for hydroxylation is 2. The molecular formula is C18H20INO2. The minimum atomic E-state index is 0.00831. The van der Waals surface area contributed by atoms with Crippen molar-refractivity contribution >= 4 is 34.2 Å². The lowest BCUT2D eigenvalue weighted by Gasteiger charge is -2.14. The molecule has 22 heavy (non-hydrogen) atoms. The lowest BCUT2D eigenvalue weighted by molar-refractivity contribution is -0.115. The second-order valence-electron chi connectivity index (χ2n) is 5.26. The number of carbonyl (C=O) groups is 1. The number of nitrogens with one attached hydrogen (secondary N) is 1. The number of halogens is 1. The van der Waals surface area contributed by atoms with Crippen molar-refractivity contribution in [2.24, 2.45) is 0 Å². The predicted octanol–water partition coefficient (Wildman–Crippen LogP) is 4.84. The molecule has 0 aromatic heterocycles. The molecule has 0 spiro atoms. The number of rotatable bonds is 5. The fourth-order valence-corrected chi connectivity index (χ4v) is 2.71. The lowest BCUT2D eigenvalue weighted by Crippen LogP contribution is -2.12. The summed E-state index contributed by atoms with van der Waals surface area (Å²) in [5.41, 5.74) is 4.13. The average Bonchev–Trinajstić information content (AvgIpc) is 2.48. The van der Waals surface area contributed by atoms with E-state index >= 15 is 0 Å². The largest absolute Gasteiger partial charge is 0.489 e. The van der Waals surface area contributed by atoms with Gasteiger partial charge in [-0.3, -0.25) is 4.79 Å². The number of carbonyl (C=O) groups excluding carboxylic acids is 1. The second-order valence-corrected chi connectivity index (χ2v) is 6.51. The minimum Gasteiger partial charge on any atom is -0.489 e. The molecule has 2 rings (SSSR count). The van der Waals surface area contributed by atoms with E-state index in [1.54, 1.807) is 0 Å². The molecule has 0 unspecified atom stereocenters. The summed E-state index contributed by atoms with van der Waals surface area (Å²) in [4.78, 5) is 11.6. The second kappa shape index (κ2) is 7.63. The van der Waals surface area contributed by atoms with Crippen LogP contribution < -0.4 is 10.1 Å². The Morgan fingerprint density at radius 3 is 2.64 bits per heavy atom. The van der Waals surface area contributed by atoms with E-state index in [1.165, 1.54) is 5.56 Å². The molecular weight excluding hydrogens is 389 g/mol. The topological polar surface area (TPSA) is 38.3 Å². The van der Waals surface area contributed by atoms with Gasteiger partial charge in [-0.25, -0.2) is 0 Å². The molecule has 0 heterocycles. The molecule has 0 aliphatic heterocycles. The van der Waals surface area contributed by atoms with E-state index in [-0.39, 0.29) is 5.91 Å². The van der Waals surface area contributed by atoms with Crippen LogP contribution in [0.15, 0.2) is 36.4 Å². The van der Waals surface area contributed by atoms with Gasteiger partial charge in [-0.1, -0.05) is 24.6 Å². The van der Waals surface area contributed by atoms with E-state index in [2.05, 4.69) is 40.9 Å². The first-order valence-corrected chi connectivity index (χ1v) is 8.35. The van der Waals surface area contributed by atoms with Gasteiger partial charge in [-0.05, 0) is 66.3 Å². The van der Waals surface area contributed by atoms with Crippen molar-refractivity contribution in [2.75, 3.05) is 5.32 Å². The zero-order valence-electron chi connectivity index (χ0n) is 13.1. The van der Waals surface area contributed by atoms with Gasteiger partial charge < -0.3 is 10.1 Å². The maximum absolute atomic E-state index is 11.6. The highest BCUT2D eigenvalue weighted by atomic mass is 127. The fourth-order valence-electron chi connectivity index (χ4n) is 2.16. The maximum atomic E-state index is 11.6. The molecule has 1 amide bonds. The Hall–Kier alpha value is -1.56. The summed E-state index contributed by atoms with van der Waals surface area (Å²) in [6.45, 7) is 6.37. The van der Waals surface area contributed by atoms with Crippen LogP contribution in [0.1, 0.15) is 30.0 Å². The Morgan fingerprint density at radius 2 is 1.95 bits per heavy atom. The molecule has 116 valence electrons. The zero-order chi connectivity index (χ0) is 16.1. The molecule has 0 saturated heterocycles. The van der Waals surface area contributed by atoms with Crippen LogP contribution >= 0.6 is 22.6 Å². The number of anilines is 1. The van der Waals surface area contributed by atoms with Crippen molar-refractivity contribution in [2.45, 2.75) is 33.8 Å². The predicted molar refractivity (Wildman–Crippen MR) is 98.3 cm³/mol. The van der Waals surface area contributed by atoms with Crippen LogP contribution in [-0.4, -0.2) is 5.91 Å². The van der Waals surface area contributed by atoms with Crippen molar-refractivity contribution in [3.05, 3.63) is 56.7 Å². The number of benzene rings is 2.